The Labute approximate surface area is 347 Å². The van der Waals surface area contributed by atoms with Gasteiger partial charge in [0.05, 0.1) is 11.1 Å². The fourth-order valence-electron chi connectivity index (χ4n) is 9.44. The maximum Gasteiger partial charge on any atom is 0.143 e. The zero-order valence-corrected chi connectivity index (χ0v) is 32.7. The van der Waals surface area contributed by atoms with Gasteiger partial charge in [-0.15, -0.1) is 0 Å². The fraction of sp³-hybridized carbons (Fsp3) is 0. The Morgan fingerprint density at radius 3 is 1.50 bits per heavy atom. The van der Waals surface area contributed by atoms with Gasteiger partial charge in [-0.05, 0) is 120 Å². The molecule has 0 unspecified atom stereocenters. The van der Waals surface area contributed by atoms with Crippen LogP contribution in [0.4, 0.5) is 17.1 Å². The first-order valence-electron chi connectivity index (χ1n) is 20.6. The molecule has 0 N–H and O–H groups in total. The molecule has 0 atom stereocenters. The van der Waals surface area contributed by atoms with Crippen LogP contribution in [0.25, 0.3) is 98.4 Å². The van der Waals surface area contributed by atoms with E-state index in [-0.39, 0.29) is 0 Å². The van der Waals surface area contributed by atoms with Crippen LogP contribution in [-0.2, 0) is 0 Å². The molecule has 12 rings (SSSR count). The molecule has 0 aliphatic carbocycles. The van der Waals surface area contributed by atoms with Gasteiger partial charge in [-0.2, -0.15) is 0 Å². The van der Waals surface area contributed by atoms with Gasteiger partial charge in [0, 0.05) is 22.1 Å². The van der Waals surface area contributed by atoms with Crippen molar-refractivity contribution in [1.82, 2.24) is 0 Å². The molecule has 0 fully saturated rings. The fourth-order valence-corrected chi connectivity index (χ4v) is 9.44. The van der Waals surface area contributed by atoms with E-state index in [1.165, 1.54) is 71.1 Å². The van der Waals surface area contributed by atoms with Crippen LogP contribution in [0.5, 0.6) is 0 Å². The Bertz CT molecular complexity index is 3580. The minimum atomic E-state index is 0.864. The lowest BCUT2D eigenvalue weighted by Crippen LogP contribution is -2.10. The van der Waals surface area contributed by atoms with E-state index in [2.05, 4.69) is 229 Å². The van der Waals surface area contributed by atoms with E-state index in [1.54, 1.807) is 0 Å². The first kappa shape index (κ1) is 34.1. The third-order valence-corrected chi connectivity index (χ3v) is 12.2. The van der Waals surface area contributed by atoms with Crippen molar-refractivity contribution >= 4 is 82.1 Å². The lowest BCUT2D eigenvalue weighted by Gasteiger charge is -2.27. The Morgan fingerprint density at radius 1 is 0.300 bits per heavy atom. The molecule has 0 bridgehead atoms. The largest absolute Gasteiger partial charge is 0.455 e. The van der Waals surface area contributed by atoms with E-state index in [9.17, 15) is 0 Å². The predicted octanol–water partition coefficient (Wildman–Crippen LogP) is 16.7. The summed E-state index contributed by atoms with van der Waals surface area (Å²) in [6.45, 7) is 0. The van der Waals surface area contributed by atoms with Gasteiger partial charge >= 0.3 is 0 Å². The molecule has 0 aliphatic rings. The van der Waals surface area contributed by atoms with Gasteiger partial charge < -0.3 is 9.32 Å². The van der Waals surface area contributed by atoms with E-state index in [4.69, 9.17) is 4.42 Å². The maximum absolute atomic E-state index is 6.72. The van der Waals surface area contributed by atoms with Gasteiger partial charge in [0.1, 0.15) is 11.2 Å². The third kappa shape index (κ3) is 5.50. The lowest BCUT2D eigenvalue weighted by molar-refractivity contribution is 0.672. The molecular weight excluding hydrogens is 727 g/mol. The predicted molar refractivity (Wildman–Crippen MR) is 255 cm³/mol. The highest BCUT2D eigenvalue weighted by atomic mass is 16.3. The zero-order chi connectivity index (χ0) is 39.6. The quantitative estimate of drug-likeness (QED) is 0.157. The number of benzene rings is 11. The molecule has 60 heavy (non-hydrogen) atoms. The van der Waals surface area contributed by atoms with Crippen molar-refractivity contribution in [2.45, 2.75) is 0 Å². The average molecular weight is 764 g/mol. The molecule has 0 saturated carbocycles. The molecule has 0 spiro atoms. The Balaban J connectivity index is 1.06. The van der Waals surface area contributed by atoms with Crippen molar-refractivity contribution in [1.29, 1.82) is 0 Å². The molecular formula is C58H37NO. The van der Waals surface area contributed by atoms with Gasteiger partial charge in [-0.25, -0.2) is 0 Å². The second-order valence-corrected chi connectivity index (χ2v) is 15.6. The summed E-state index contributed by atoms with van der Waals surface area (Å²) in [6.07, 6.45) is 0. The van der Waals surface area contributed by atoms with Crippen molar-refractivity contribution in [3.8, 4) is 33.4 Å². The van der Waals surface area contributed by atoms with Crippen LogP contribution in [0.15, 0.2) is 229 Å². The van der Waals surface area contributed by atoms with Crippen molar-refractivity contribution in [2.75, 3.05) is 4.90 Å². The highest BCUT2D eigenvalue weighted by molar-refractivity contribution is 6.22. The summed E-state index contributed by atoms with van der Waals surface area (Å²) in [5, 5.41) is 12.0. The minimum Gasteiger partial charge on any atom is -0.455 e. The van der Waals surface area contributed by atoms with Crippen LogP contribution in [0.1, 0.15) is 0 Å². The van der Waals surface area contributed by atoms with E-state index in [0.29, 0.717) is 0 Å². The molecule has 0 saturated heterocycles. The molecule has 2 nitrogen and oxygen atoms in total. The number of rotatable bonds is 6. The molecule has 2 heteroatoms. The van der Waals surface area contributed by atoms with E-state index in [1.807, 2.05) is 0 Å². The molecule has 11 aromatic carbocycles. The molecule has 1 aromatic heterocycles. The number of fused-ring (bicyclic) bond motifs is 9. The molecule has 1 heterocycles. The van der Waals surface area contributed by atoms with Crippen LogP contribution >= 0.6 is 0 Å². The van der Waals surface area contributed by atoms with Crippen molar-refractivity contribution in [3.63, 3.8) is 0 Å². The molecule has 0 aliphatic heterocycles. The molecule has 0 radical (unpaired) electrons. The Morgan fingerprint density at radius 2 is 0.817 bits per heavy atom. The SMILES string of the molecule is c1ccc(-c2c(-c3ccc(N(c4ccc(-c5ccc6ccccc6c5)cc4)c4cccc5oc6c7ccccc7ccc6c45)cc3)c3ccccc3c3ccccc23)cc1. The van der Waals surface area contributed by atoms with Gasteiger partial charge in [0.2, 0.25) is 0 Å². The normalized spacial score (nSPS) is 11.7. The van der Waals surface area contributed by atoms with Crippen LogP contribution in [0.3, 0.4) is 0 Å². The van der Waals surface area contributed by atoms with E-state index in [0.717, 1.165) is 44.4 Å². The third-order valence-electron chi connectivity index (χ3n) is 12.2. The maximum atomic E-state index is 6.72. The lowest BCUT2D eigenvalue weighted by atomic mass is 9.85. The van der Waals surface area contributed by atoms with Crippen LogP contribution in [0.2, 0.25) is 0 Å². The second kappa shape index (κ2) is 13.9. The van der Waals surface area contributed by atoms with Gasteiger partial charge in [-0.3, -0.25) is 0 Å². The highest BCUT2D eigenvalue weighted by Gasteiger charge is 2.22. The number of hydrogen-bond acceptors (Lipinski definition) is 2. The van der Waals surface area contributed by atoms with E-state index < -0.39 is 0 Å². The summed E-state index contributed by atoms with van der Waals surface area (Å²) < 4.78 is 6.72. The highest BCUT2D eigenvalue weighted by Crippen LogP contribution is 2.47. The summed E-state index contributed by atoms with van der Waals surface area (Å²) in [5.41, 5.74) is 12.2. The van der Waals surface area contributed by atoms with Gasteiger partial charge in [0.15, 0.2) is 0 Å². The summed E-state index contributed by atoms with van der Waals surface area (Å²) >= 11 is 0. The smallest absolute Gasteiger partial charge is 0.143 e. The van der Waals surface area contributed by atoms with Crippen LogP contribution in [-0.4, -0.2) is 0 Å². The van der Waals surface area contributed by atoms with Crippen molar-refractivity contribution in [2.24, 2.45) is 0 Å². The number of hydrogen-bond donors (Lipinski definition) is 0. The topological polar surface area (TPSA) is 16.4 Å². The second-order valence-electron chi connectivity index (χ2n) is 15.6. The molecule has 12 aromatic rings. The molecule has 280 valence electrons. The first-order valence-corrected chi connectivity index (χ1v) is 20.6. The average Bonchev–Trinajstić information content (AvgIpc) is 3.72. The monoisotopic (exact) mass is 763 g/mol. The number of furan rings is 1. The van der Waals surface area contributed by atoms with Gasteiger partial charge in [-0.1, -0.05) is 176 Å². The molecule has 0 amide bonds. The number of anilines is 3. The zero-order valence-electron chi connectivity index (χ0n) is 32.7. The van der Waals surface area contributed by atoms with Crippen molar-refractivity contribution in [3.05, 3.63) is 224 Å². The summed E-state index contributed by atoms with van der Waals surface area (Å²) in [7, 11) is 0. The van der Waals surface area contributed by atoms with Crippen LogP contribution in [0, 0.1) is 0 Å². The minimum absolute atomic E-state index is 0.864. The first-order chi connectivity index (χ1) is 29.8. The summed E-state index contributed by atoms with van der Waals surface area (Å²) in [5.74, 6) is 0. The summed E-state index contributed by atoms with van der Waals surface area (Å²) in [6, 6.07) is 81.2. The standard InChI is InChI=1S/C58H37NO/c1-2-15-41(16-3-1)55-50-21-10-8-19-48(50)49-20-9-11-22-51(49)56(55)42-29-34-46(35-30-42)59(45-32-27-39(28-33-45)44-26-25-38-13-4-5-17-43(38)37-44)53-23-12-24-54-57(53)52-36-31-40-14-6-7-18-47(40)58(52)60-54/h1-37H. The van der Waals surface area contributed by atoms with Crippen LogP contribution < -0.4 is 4.90 Å². The summed E-state index contributed by atoms with van der Waals surface area (Å²) in [4.78, 5) is 2.39. The number of nitrogens with zero attached hydrogens (tertiary/aromatic N) is 1. The Kier molecular flexibility index (Phi) is 7.89. The van der Waals surface area contributed by atoms with Gasteiger partial charge in [0.25, 0.3) is 0 Å². The van der Waals surface area contributed by atoms with E-state index >= 15 is 0 Å². The Hall–Kier alpha value is -7.94. The van der Waals surface area contributed by atoms with Crippen molar-refractivity contribution < 1.29 is 4.42 Å².